The number of hydrogen-bond acceptors (Lipinski definition) is 5. The lowest BCUT2D eigenvalue weighted by Gasteiger charge is -2.07. The predicted octanol–water partition coefficient (Wildman–Crippen LogP) is 1.23. The maximum atomic E-state index is 8.96. The Hall–Kier alpha value is -1.93. The molecule has 0 unspecified atom stereocenters. The number of rotatable bonds is 4. The van der Waals surface area contributed by atoms with Crippen molar-refractivity contribution in [3.8, 4) is 6.19 Å². The molecule has 0 atom stereocenters. The number of aliphatic imine (C=N–C) groups is 1. The summed E-state index contributed by atoms with van der Waals surface area (Å²) in [6.45, 7) is 2.35. The van der Waals surface area contributed by atoms with Crippen LogP contribution in [0.2, 0.25) is 0 Å². The molecule has 1 heterocycles. The molecule has 0 saturated heterocycles. The fraction of sp³-hybridized carbons (Fsp3) is 0.364. The first-order valence-corrected chi connectivity index (χ1v) is 4.96. The van der Waals surface area contributed by atoms with Crippen molar-refractivity contribution >= 4 is 5.90 Å². The van der Waals surface area contributed by atoms with E-state index in [9.17, 15) is 0 Å². The Morgan fingerprint density at radius 2 is 2.44 bits per heavy atom. The number of nitriles is 1. The molecule has 0 spiro atoms. The lowest BCUT2D eigenvalue weighted by Crippen LogP contribution is -2.08. The van der Waals surface area contributed by atoms with E-state index < -0.39 is 0 Å². The van der Waals surface area contributed by atoms with E-state index in [0.717, 1.165) is 6.42 Å². The minimum Gasteiger partial charge on any atom is -0.477 e. The minimum absolute atomic E-state index is 0.103. The summed E-state index contributed by atoms with van der Waals surface area (Å²) >= 11 is 0. The SMILES string of the molecule is CCCO/C(=N\C#N)c1cncc(CO)c1. The molecule has 5 heteroatoms. The number of aliphatic hydroxyl groups excluding tert-OH is 1. The van der Waals surface area contributed by atoms with Crippen molar-refractivity contribution in [1.29, 1.82) is 5.26 Å². The molecule has 5 nitrogen and oxygen atoms in total. The fourth-order valence-electron chi connectivity index (χ4n) is 1.12. The van der Waals surface area contributed by atoms with Crippen LogP contribution in [-0.4, -0.2) is 22.6 Å². The molecule has 16 heavy (non-hydrogen) atoms. The van der Waals surface area contributed by atoms with Crippen LogP contribution in [0.15, 0.2) is 23.5 Å². The number of aromatic nitrogens is 1. The van der Waals surface area contributed by atoms with Gasteiger partial charge in [0, 0.05) is 12.4 Å². The van der Waals surface area contributed by atoms with Crippen LogP contribution in [0.1, 0.15) is 24.5 Å². The second-order valence-electron chi connectivity index (χ2n) is 3.11. The molecule has 0 saturated carbocycles. The topological polar surface area (TPSA) is 78.5 Å². The van der Waals surface area contributed by atoms with Crippen molar-refractivity contribution in [3.63, 3.8) is 0 Å². The second-order valence-corrected chi connectivity index (χ2v) is 3.11. The van der Waals surface area contributed by atoms with Crippen molar-refractivity contribution in [2.45, 2.75) is 20.0 Å². The number of hydrogen-bond donors (Lipinski definition) is 1. The van der Waals surface area contributed by atoms with Crippen molar-refractivity contribution in [1.82, 2.24) is 4.98 Å². The van der Waals surface area contributed by atoms with E-state index in [-0.39, 0.29) is 12.5 Å². The monoisotopic (exact) mass is 219 g/mol. The van der Waals surface area contributed by atoms with Gasteiger partial charge in [-0.3, -0.25) is 4.98 Å². The molecule has 1 rings (SSSR count). The van der Waals surface area contributed by atoms with E-state index >= 15 is 0 Å². The van der Waals surface area contributed by atoms with Crippen LogP contribution in [0, 0.1) is 11.5 Å². The molecular weight excluding hydrogens is 206 g/mol. The van der Waals surface area contributed by atoms with Gasteiger partial charge in [-0.2, -0.15) is 5.26 Å². The summed E-state index contributed by atoms with van der Waals surface area (Å²) in [4.78, 5) is 7.52. The average Bonchev–Trinajstić information content (AvgIpc) is 2.34. The largest absolute Gasteiger partial charge is 0.477 e. The molecule has 0 aromatic carbocycles. The van der Waals surface area contributed by atoms with Crippen molar-refractivity contribution in [3.05, 3.63) is 29.6 Å². The first-order chi connectivity index (χ1) is 7.81. The maximum absolute atomic E-state index is 8.96. The minimum atomic E-state index is -0.103. The van der Waals surface area contributed by atoms with Crippen LogP contribution >= 0.6 is 0 Å². The molecule has 0 fully saturated rings. The van der Waals surface area contributed by atoms with Gasteiger partial charge in [0.25, 0.3) is 0 Å². The van der Waals surface area contributed by atoms with Gasteiger partial charge in [-0.05, 0) is 18.1 Å². The van der Waals surface area contributed by atoms with E-state index in [1.165, 1.54) is 0 Å². The third-order valence-electron chi connectivity index (χ3n) is 1.82. The lowest BCUT2D eigenvalue weighted by atomic mass is 10.2. The van der Waals surface area contributed by atoms with Crippen LogP contribution in [0.5, 0.6) is 0 Å². The van der Waals surface area contributed by atoms with Crippen molar-refractivity contribution in [2.75, 3.05) is 6.61 Å². The molecule has 1 aromatic heterocycles. The van der Waals surface area contributed by atoms with E-state index in [1.807, 2.05) is 6.92 Å². The summed E-state index contributed by atoms with van der Waals surface area (Å²) in [6, 6.07) is 1.69. The second kappa shape index (κ2) is 6.53. The zero-order valence-corrected chi connectivity index (χ0v) is 9.05. The molecule has 0 bridgehead atoms. The Labute approximate surface area is 94.0 Å². The smallest absolute Gasteiger partial charge is 0.233 e. The highest BCUT2D eigenvalue weighted by Crippen LogP contribution is 2.06. The van der Waals surface area contributed by atoms with Crippen LogP contribution in [0.3, 0.4) is 0 Å². The summed E-state index contributed by atoms with van der Waals surface area (Å²) in [5.41, 5.74) is 1.25. The van der Waals surface area contributed by atoms with Crippen molar-refractivity contribution in [2.24, 2.45) is 4.99 Å². The number of pyridine rings is 1. The summed E-state index contributed by atoms with van der Waals surface area (Å²) in [6.07, 6.45) is 5.61. The van der Waals surface area contributed by atoms with Crippen molar-refractivity contribution < 1.29 is 9.84 Å². The van der Waals surface area contributed by atoms with Gasteiger partial charge in [-0.1, -0.05) is 6.92 Å². The molecular formula is C11H13N3O2. The molecule has 1 aromatic rings. The van der Waals surface area contributed by atoms with E-state index in [1.54, 1.807) is 24.7 Å². The Morgan fingerprint density at radius 3 is 3.06 bits per heavy atom. The summed E-state index contributed by atoms with van der Waals surface area (Å²) in [7, 11) is 0. The fourth-order valence-corrected chi connectivity index (χ4v) is 1.12. The molecule has 0 amide bonds. The quantitative estimate of drug-likeness (QED) is 0.469. The first kappa shape index (κ1) is 12.1. The Bertz CT molecular complexity index is 410. The van der Waals surface area contributed by atoms with Gasteiger partial charge in [-0.15, -0.1) is 4.99 Å². The van der Waals surface area contributed by atoms with Gasteiger partial charge in [0.2, 0.25) is 12.1 Å². The third-order valence-corrected chi connectivity index (χ3v) is 1.82. The zero-order valence-electron chi connectivity index (χ0n) is 9.05. The number of aliphatic hydroxyl groups is 1. The van der Waals surface area contributed by atoms with Gasteiger partial charge in [0.15, 0.2) is 0 Å². The van der Waals surface area contributed by atoms with Crippen LogP contribution in [0.25, 0.3) is 0 Å². The highest BCUT2D eigenvalue weighted by Gasteiger charge is 2.06. The average molecular weight is 219 g/mol. The van der Waals surface area contributed by atoms with Gasteiger partial charge in [0.05, 0.1) is 18.8 Å². The molecule has 0 aliphatic heterocycles. The highest BCUT2D eigenvalue weighted by molar-refractivity contribution is 5.94. The normalized spacial score (nSPS) is 10.9. The van der Waals surface area contributed by atoms with Gasteiger partial charge < -0.3 is 9.84 Å². The van der Waals surface area contributed by atoms with Crippen LogP contribution in [-0.2, 0) is 11.3 Å². The van der Waals surface area contributed by atoms with Gasteiger partial charge >= 0.3 is 0 Å². The standard InChI is InChI=1S/C11H13N3O2/c1-2-3-16-11(14-8-12)10-4-9(7-15)5-13-6-10/h4-6,15H,2-3,7H2,1H3/b14-11-. The van der Waals surface area contributed by atoms with Gasteiger partial charge in [0.1, 0.15) is 0 Å². The number of ether oxygens (including phenoxy) is 1. The van der Waals surface area contributed by atoms with Gasteiger partial charge in [-0.25, -0.2) is 0 Å². The number of nitrogens with zero attached hydrogens (tertiary/aromatic N) is 3. The maximum Gasteiger partial charge on any atom is 0.233 e. The first-order valence-electron chi connectivity index (χ1n) is 4.96. The summed E-state index contributed by atoms with van der Waals surface area (Å²) < 4.78 is 5.32. The Balaban J connectivity index is 2.93. The lowest BCUT2D eigenvalue weighted by molar-refractivity contribution is 0.281. The highest BCUT2D eigenvalue weighted by atomic mass is 16.5. The Morgan fingerprint density at radius 1 is 1.62 bits per heavy atom. The molecule has 0 aliphatic carbocycles. The van der Waals surface area contributed by atoms with E-state index in [4.69, 9.17) is 15.1 Å². The summed E-state index contributed by atoms with van der Waals surface area (Å²) in [5, 5.41) is 17.5. The van der Waals surface area contributed by atoms with E-state index in [2.05, 4.69) is 9.98 Å². The predicted molar refractivity (Wildman–Crippen MR) is 58.6 cm³/mol. The summed E-state index contributed by atoms with van der Waals surface area (Å²) in [5.74, 6) is 0.243. The van der Waals surface area contributed by atoms with E-state index in [0.29, 0.717) is 17.7 Å². The molecule has 1 N–H and O–H groups in total. The third kappa shape index (κ3) is 3.33. The molecule has 0 aliphatic rings. The molecule has 0 radical (unpaired) electrons. The molecule has 84 valence electrons. The van der Waals surface area contributed by atoms with Crippen LogP contribution in [0.4, 0.5) is 0 Å². The zero-order chi connectivity index (χ0) is 11.8. The Kier molecular flexibility index (Phi) is 4.96. The van der Waals surface area contributed by atoms with Crippen LogP contribution < -0.4 is 0 Å².